The lowest BCUT2D eigenvalue weighted by Crippen LogP contribution is -2.29. The number of carbonyl (C=O) groups excluding carboxylic acids is 2. The highest BCUT2D eigenvalue weighted by atomic mass is 16.1. The van der Waals surface area contributed by atoms with Gasteiger partial charge in [-0.25, -0.2) is 0 Å². The Morgan fingerprint density at radius 1 is 0.405 bits per heavy atom. The molecular formula is C38H50N2O2. The van der Waals surface area contributed by atoms with Crippen LogP contribution in [0.15, 0.2) is 70.9 Å². The second-order valence-corrected chi connectivity index (χ2v) is 16.1. The number of carbonyl (C=O) groups is 2. The fraction of sp³-hybridized carbons (Fsp3) is 0.474. The Balaban J connectivity index is 2.08. The summed E-state index contributed by atoms with van der Waals surface area (Å²) in [5, 5.41) is 4.33. The lowest BCUT2D eigenvalue weighted by Gasteiger charge is -2.31. The average Bonchev–Trinajstić information content (AvgIpc) is 3.38. The summed E-state index contributed by atoms with van der Waals surface area (Å²) in [4.78, 5) is 27.0. The third kappa shape index (κ3) is 5.65. The van der Waals surface area contributed by atoms with Crippen molar-refractivity contribution in [3.05, 3.63) is 92.3 Å². The quantitative estimate of drug-likeness (QED) is 0.344. The molecule has 0 aliphatic heterocycles. The third-order valence-corrected chi connectivity index (χ3v) is 8.51. The van der Waals surface area contributed by atoms with Crippen LogP contribution < -0.4 is 10.7 Å². The first-order valence-electron chi connectivity index (χ1n) is 15.1. The van der Waals surface area contributed by atoms with Crippen LogP contribution in [0.3, 0.4) is 0 Å². The standard InChI is InChI=1S/C38H50N2O2/c1-35(2,3)25-19-23(20-26(33(25)41)36(4,5)6)29-15-17-31(39(29)13)32-18-16-30(40(32)14)24-21-27(37(7,8)9)34(42)28(22-24)38(10,11)12/h15-22H,1-14H3/b32-31+. The summed E-state index contributed by atoms with van der Waals surface area (Å²) in [6.07, 6.45) is 8.33. The molecule has 224 valence electrons. The van der Waals surface area contributed by atoms with Crippen LogP contribution in [0.1, 0.15) is 83.1 Å². The van der Waals surface area contributed by atoms with Crippen LogP contribution >= 0.6 is 0 Å². The summed E-state index contributed by atoms with van der Waals surface area (Å²) in [5.41, 5.74) is 4.47. The molecule has 0 bridgehead atoms. The van der Waals surface area contributed by atoms with Crippen LogP contribution in [0, 0.1) is 32.4 Å². The molecule has 0 saturated heterocycles. The fourth-order valence-corrected chi connectivity index (χ4v) is 5.90. The Kier molecular flexibility index (Phi) is 7.59. The number of allylic oxidation sites excluding steroid dienone is 8. The van der Waals surface area contributed by atoms with E-state index in [1.807, 2.05) is 0 Å². The number of hydrogen-bond acceptors (Lipinski definition) is 2. The van der Waals surface area contributed by atoms with E-state index in [1.165, 1.54) is 0 Å². The molecule has 0 radical (unpaired) electrons. The normalized spacial score (nSPS) is 18.2. The molecule has 2 aliphatic rings. The largest absolute Gasteiger partial charge is 0.342 e. The average molecular weight is 567 g/mol. The van der Waals surface area contributed by atoms with Crippen molar-refractivity contribution >= 4 is 22.7 Å². The highest BCUT2D eigenvalue weighted by molar-refractivity contribution is 6.15. The van der Waals surface area contributed by atoms with Crippen molar-refractivity contribution in [2.24, 2.45) is 35.8 Å². The van der Waals surface area contributed by atoms with E-state index in [2.05, 4.69) is 155 Å². The van der Waals surface area contributed by atoms with Gasteiger partial charge < -0.3 is 9.13 Å². The Hall–Kier alpha value is -3.40. The molecule has 4 nitrogen and oxygen atoms in total. The van der Waals surface area contributed by atoms with E-state index in [1.54, 1.807) is 0 Å². The van der Waals surface area contributed by atoms with Gasteiger partial charge in [0.05, 0.1) is 10.7 Å². The number of rotatable bonds is 0. The van der Waals surface area contributed by atoms with E-state index >= 15 is 0 Å². The molecule has 2 aromatic rings. The van der Waals surface area contributed by atoms with E-state index < -0.39 is 0 Å². The first-order chi connectivity index (χ1) is 19.0. The SMILES string of the molecule is Cn1c(=C2C=C(C(C)(C)C)C(=O)C(C(C)(C)C)=C2)cc/c1=c1/ccc(=C2C=C(C(C)(C)C)C(=O)C(C(C)(C)C)=C2)n1C. The zero-order chi connectivity index (χ0) is 31.7. The molecule has 0 aromatic carbocycles. The van der Waals surface area contributed by atoms with Crippen LogP contribution in [-0.4, -0.2) is 20.7 Å². The van der Waals surface area contributed by atoms with E-state index in [-0.39, 0.29) is 33.2 Å². The molecule has 0 spiro atoms. The zero-order valence-corrected chi connectivity index (χ0v) is 28.3. The molecule has 42 heavy (non-hydrogen) atoms. The first kappa shape index (κ1) is 31.5. The third-order valence-electron chi connectivity index (χ3n) is 8.51. The molecular weight excluding hydrogens is 516 g/mol. The topological polar surface area (TPSA) is 44.0 Å². The molecule has 2 aliphatic carbocycles. The van der Waals surface area contributed by atoms with Crippen LogP contribution in [0.2, 0.25) is 0 Å². The molecule has 0 saturated carbocycles. The molecule has 0 atom stereocenters. The van der Waals surface area contributed by atoms with Crippen LogP contribution in [0.5, 0.6) is 0 Å². The van der Waals surface area contributed by atoms with Gasteiger partial charge in [0.25, 0.3) is 0 Å². The van der Waals surface area contributed by atoms with Crippen molar-refractivity contribution in [3.8, 4) is 0 Å². The number of hydrogen-bond donors (Lipinski definition) is 0. The van der Waals surface area contributed by atoms with Gasteiger partial charge in [0.15, 0.2) is 11.6 Å². The summed E-state index contributed by atoms with van der Waals surface area (Å²) in [7, 11) is 4.19. The highest BCUT2D eigenvalue weighted by Crippen LogP contribution is 2.40. The minimum Gasteiger partial charge on any atom is -0.342 e. The summed E-state index contributed by atoms with van der Waals surface area (Å²) in [5.74, 6) is 0.294. The van der Waals surface area contributed by atoms with Gasteiger partial charge in [0.2, 0.25) is 0 Å². The van der Waals surface area contributed by atoms with Crippen molar-refractivity contribution in [2.45, 2.75) is 83.1 Å². The van der Waals surface area contributed by atoms with Crippen LogP contribution in [-0.2, 0) is 23.7 Å². The minimum absolute atomic E-state index is 0.147. The Labute approximate surface area is 252 Å². The number of Topliss-reactive ketones (excluding diaryl/α,β-unsaturated/α-hetero) is 2. The van der Waals surface area contributed by atoms with Crippen molar-refractivity contribution in [2.75, 3.05) is 0 Å². The van der Waals surface area contributed by atoms with E-state index in [4.69, 9.17) is 0 Å². The van der Waals surface area contributed by atoms with Gasteiger partial charge >= 0.3 is 0 Å². The van der Waals surface area contributed by atoms with Crippen LogP contribution in [0.25, 0.3) is 11.1 Å². The number of ketones is 2. The minimum atomic E-state index is -0.258. The fourth-order valence-electron chi connectivity index (χ4n) is 5.90. The van der Waals surface area contributed by atoms with Crippen molar-refractivity contribution in [1.82, 2.24) is 9.13 Å². The van der Waals surface area contributed by atoms with Gasteiger partial charge in [-0.15, -0.1) is 0 Å². The second kappa shape index (κ2) is 10.1. The van der Waals surface area contributed by atoms with Gasteiger partial charge in [-0.1, -0.05) is 83.1 Å². The molecule has 0 N–H and O–H groups in total. The predicted octanol–water partition coefficient (Wildman–Crippen LogP) is 7.01. The van der Waals surface area contributed by atoms with Gasteiger partial charge in [-0.05, 0) is 81.4 Å². The van der Waals surface area contributed by atoms with Crippen LogP contribution in [0.4, 0.5) is 0 Å². The molecule has 0 fully saturated rings. The monoisotopic (exact) mass is 566 g/mol. The van der Waals surface area contributed by atoms with Crippen molar-refractivity contribution in [1.29, 1.82) is 0 Å². The van der Waals surface area contributed by atoms with E-state index in [0.29, 0.717) is 0 Å². The maximum atomic E-state index is 13.5. The molecule has 2 heterocycles. The highest BCUT2D eigenvalue weighted by Gasteiger charge is 2.35. The molecule has 2 aromatic heterocycles. The lowest BCUT2D eigenvalue weighted by molar-refractivity contribution is -0.114. The zero-order valence-electron chi connectivity index (χ0n) is 28.3. The molecule has 0 unspecified atom stereocenters. The van der Waals surface area contributed by atoms with Crippen molar-refractivity contribution < 1.29 is 9.59 Å². The maximum Gasteiger partial charge on any atom is 0.186 e. The maximum absolute atomic E-state index is 13.5. The molecule has 4 rings (SSSR count). The smallest absolute Gasteiger partial charge is 0.186 e. The summed E-state index contributed by atoms with van der Waals surface area (Å²) >= 11 is 0. The first-order valence-corrected chi connectivity index (χ1v) is 15.1. The van der Waals surface area contributed by atoms with Gasteiger partial charge in [-0.3, -0.25) is 9.59 Å². The van der Waals surface area contributed by atoms with E-state index in [0.717, 1.165) is 54.8 Å². The van der Waals surface area contributed by atoms with Gasteiger partial charge in [0.1, 0.15) is 0 Å². The summed E-state index contributed by atoms with van der Waals surface area (Å²) < 4.78 is 4.44. The molecule has 0 amide bonds. The predicted molar refractivity (Wildman–Crippen MR) is 175 cm³/mol. The van der Waals surface area contributed by atoms with Crippen molar-refractivity contribution in [3.63, 3.8) is 0 Å². The lowest BCUT2D eigenvalue weighted by atomic mass is 9.72. The van der Waals surface area contributed by atoms with E-state index in [9.17, 15) is 9.59 Å². The van der Waals surface area contributed by atoms with Gasteiger partial charge in [-0.2, -0.15) is 0 Å². The second-order valence-electron chi connectivity index (χ2n) is 16.1. The van der Waals surface area contributed by atoms with Gasteiger partial charge in [0, 0.05) is 47.1 Å². The Morgan fingerprint density at radius 3 is 0.833 bits per heavy atom. The summed E-state index contributed by atoms with van der Waals surface area (Å²) in [6, 6.07) is 8.63. The number of nitrogens with zero attached hydrogens (tertiary/aromatic N) is 2. The molecule has 4 heteroatoms. The Morgan fingerprint density at radius 2 is 0.619 bits per heavy atom. The Bertz CT molecular complexity index is 1620. The summed E-state index contributed by atoms with van der Waals surface area (Å²) in [6.45, 7) is 25.3. The number of aromatic nitrogens is 2.